The van der Waals surface area contributed by atoms with Crippen molar-refractivity contribution in [2.45, 2.75) is 19.9 Å². The molecule has 90 valence electrons. The number of aryl methyl sites for hydroxylation is 2. The molecule has 17 heavy (non-hydrogen) atoms. The predicted molar refractivity (Wildman–Crippen MR) is 63.0 cm³/mol. The van der Waals surface area contributed by atoms with Crippen LogP contribution < -0.4 is 5.56 Å². The van der Waals surface area contributed by atoms with E-state index in [-0.39, 0.29) is 10.7 Å². The molecule has 0 aliphatic rings. The summed E-state index contributed by atoms with van der Waals surface area (Å²) in [5, 5.41) is 7.94. The van der Waals surface area contributed by atoms with Crippen LogP contribution in [0.25, 0.3) is 0 Å². The van der Waals surface area contributed by atoms with E-state index in [0.29, 0.717) is 24.6 Å². The van der Waals surface area contributed by atoms with Gasteiger partial charge in [0.2, 0.25) is 0 Å². The molecule has 0 fully saturated rings. The van der Waals surface area contributed by atoms with Crippen molar-refractivity contribution in [2.75, 3.05) is 0 Å². The lowest BCUT2D eigenvalue weighted by molar-refractivity contribution is 0.627. The summed E-state index contributed by atoms with van der Waals surface area (Å²) in [6.07, 6.45) is 2.23. The maximum atomic E-state index is 11.8. The monoisotopic (exact) mass is 253 g/mol. The first kappa shape index (κ1) is 11.8. The second-order valence-corrected chi connectivity index (χ2v) is 4.02. The molecular formula is C10H12ClN5O. The van der Waals surface area contributed by atoms with Gasteiger partial charge in [-0.25, -0.2) is 4.98 Å². The van der Waals surface area contributed by atoms with Crippen molar-refractivity contribution in [3.63, 3.8) is 0 Å². The molecule has 6 nitrogen and oxygen atoms in total. The van der Waals surface area contributed by atoms with Gasteiger partial charge in [-0.05, 0) is 0 Å². The third kappa shape index (κ3) is 2.36. The van der Waals surface area contributed by atoms with Crippen molar-refractivity contribution in [1.29, 1.82) is 0 Å². The minimum absolute atomic E-state index is 0.176. The minimum atomic E-state index is -0.176. The zero-order valence-electron chi connectivity index (χ0n) is 9.59. The molecule has 0 spiro atoms. The van der Waals surface area contributed by atoms with E-state index in [0.717, 1.165) is 0 Å². The fourth-order valence-electron chi connectivity index (χ4n) is 1.55. The Kier molecular flexibility index (Phi) is 3.23. The van der Waals surface area contributed by atoms with Crippen LogP contribution in [-0.4, -0.2) is 24.3 Å². The molecule has 0 atom stereocenters. The number of nitrogens with zero attached hydrogens (tertiary/aromatic N) is 5. The van der Waals surface area contributed by atoms with Gasteiger partial charge in [-0.1, -0.05) is 18.5 Å². The average molecular weight is 254 g/mol. The van der Waals surface area contributed by atoms with Gasteiger partial charge in [0.05, 0.1) is 6.54 Å². The molecule has 0 amide bonds. The summed E-state index contributed by atoms with van der Waals surface area (Å²) in [5.41, 5.74) is -0.176. The second kappa shape index (κ2) is 4.67. The molecule has 2 aromatic rings. The highest BCUT2D eigenvalue weighted by Crippen LogP contribution is 2.05. The molecule has 0 radical (unpaired) electrons. The normalized spacial score (nSPS) is 10.8. The van der Waals surface area contributed by atoms with Crippen LogP contribution in [-0.2, 0) is 20.0 Å². The lowest BCUT2D eigenvalue weighted by atomic mass is 10.4. The molecule has 0 aliphatic carbocycles. The quantitative estimate of drug-likeness (QED) is 0.753. The van der Waals surface area contributed by atoms with E-state index in [9.17, 15) is 4.79 Å². The largest absolute Gasteiger partial charge is 0.319 e. The van der Waals surface area contributed by atoms with E-state index in [1.165, 1.54) is 6.07 Å². The molecule has 0 N–H and O–H groups in total. The van der Waals surface area contributed by atoms with Crippen molar-refractivity contribution < 1.29 is 0 Å². The van der Waals surface area contributed by atoms with Crippen LogP contribution in [0, 0.1) is 0 Å². The van der Waals surface area contributed by atoms with E-state index in [1.807, 2.05) is 14.0 Å². The highest BCUT2D eigenvalue weighted by Gasteiger charge is 2.09. The van der Waals surface area contributed by atoms with Gasteiger partial charge in [0, 0.05) is 19.5 Å². The predicted octanol–water partition coefficient (Wildman–Crippen LogP) is 0.636. The maximum absolute atomic E-state index is 11.8. The van der Waals surface area contributed by atoms with Gasteiger partial charge in [0.1, 0.15) is 17.3 Å². The molecule has 2 aromatic heterocycles. The van der Waals surface area contributed by atoms with E-state index in [4.69, 9.17) is 11.6 Å². The van der Waals surface area contributed by atoms with Gasteiger partial charge >= 0.3 is 0 Å². The second-order valence-electron chi connectivity index (χ2n) is 3.63. The molecule has 2 heterocycles. The number of aromatic nitrogens is 5. The topological polar surface area (TPSA) is 65.6 Å². The molecule has 0 saturated carbocycles. The first-order valence-corrected chi connectivity index (χ1v) is 5.58. The molecule has 0 unspecified atom stereocenters. The molecule has 0 saturated heterocycles. The van der Waals surface area contributed by atoms with E-state index in [1.54, 1.807) is 15.5 Å². The summed E-state index contributed by atoms with van der Waals surface area (Å²) < 4.78 is 3.32. The summed E-state index contributed by atoms with van der Waals surface area (Å²) in [4.78, 5) is 16.0. The van der Waals surface area contributed by atoms with Crippen LogP contribution in [0.15, 0.2) is 17.2 Å². The average Bonchev–Trinajstić information content (AvgIpc) is 2.68. The molecule has 0 bridgehead atoms. The van der Waals surface area contributed by atoms with Crippen LogP contribution in [0.4, 0.5) is 0 Å². The van der Waals surface area contributed by atoms with Crippen molar-refractivity contribution in [2.24, 2.45) is 7.05 Å². The van der Waals surface area contributed by atoms with Crippen molar-refractivity contribution in [1.82, 2.24) is 24.3 Å². The van der Waals surface area contributed by atoms with Gasteiger partial charge in [-0.3, -0.25) is 9.36 Å². The number of hydrogen-bond donors (Lipinski definition) is 0. The Labute approximate surface area is 103 Å². The molecular weight excluding hydrogens is 242 g/mol. The standard InChI is InChI=1S/C10H12ClN5O/c1-3-8-13-7(11)4-10(17)16(8)5-9-14-12-6-15(9)2/h4,6H,3,5H2,1-2H3. The van der Waals surface area contributed by atoms with E-state index >= 15 is 0 Å². The fraction of sp³-hybridized carbons (Fsp3) is 0.400. The van der Waals surface area contributed by atoms with Crippen molar-refractivity contribution in [3.8, 4) is 0 Å². The summed E-state index contributed by atoms with van der Waals surface area (Å²) in [7, 11) is 1.83. The zero-order valence-corrected chi connectivity index (χ0v) is 10.3. The van der Waals surface area contributed by atoms with Gasteiger partial charge in [-0.15, -0.1) is 10.2 Å². The highest BCUT2D eigenvalue weighted by atomic mass is 35.5. The Morgan fingerprint density at radius 3 is 2.76 bits per heavy atom. The summed E-state index contributed by atoms with van der Waals surface area (Å²) in [6, 6.07) is 1.30. The number of hydrogen-bond acceptors (Lipinski definition) is 4. The van der Waals surface area contributed by atoms with Gasteiger partial charge < -0.3 is 4.57 Å². The van der Waals surface area contributed by atoms with Crippen molar-refractivity contribution in [3.05, 3.63) is 39.5 Å². The Hall–Kier alpha value is -1.69. The van der Waals surface area contributed by atoms with Crippen LogP contribution in [0.2, 0.25) is 5.15 Å². The first-order chi connectivity index (χ1) is 8.11. The Bertz CT molecular complexity index is 589. The Morgan fingerprint density at radius 1 is 1.41 bits per heavy atom. The van der Waals surface area contributed by atoms with Gasteiger partial charge in [0.25, 0.3) is 5.56 Å². The summed E-state index contributed by atoms with van der Waals surface area (Å²) >= 11 is 5.76. The van der Waals surface area contributed by atoms with Crippen LogP contribution in [0.1, 0.15) is 18.6 Å². The SMILES string of the molecule is CCc1nc(Cl)cc(=O)n1Cc1nncn1C. The zero-order chi connectivity index (χ0) is 12.4. The summed E-state index contributed by atoms with van der Waals surface area (Å²) in [6.45, 7) is 2.27. The lowest BCUT2D eigenvalue weighted by Crippen LogP contribution is -2.26. The van der Waals surface area contributed by atoms with Crippen LogP contribution in [0.5, 0.6) is 0 Å². The molecule has 2 rings (SSSR count). The number of halogens is 1. The molecule has 7 heteroatoms. The Balaban J connectivity index is 2.45. The van der Waals surface area contributed by atoms with Crippen molar-refractivity contribution >= 4 is 11.6 Å². The van der Waals surface area contributed by atoms with E-state index in [2.05, 4.69) is 15.2 Å². The fourth-order valence-corrected chi connectivity index (χ4v) is 1.74. The summed E-state index contributed by atoms with van der Waals surface area (Å²) in [5.74, 6) is 1.34. The lowest BCUT2D eigenvalue weighted by Gasteiger charge is -2.09. The Morgan fingerprint density at radius 2 is 2.18 bits per heavy atom. The van der Waals surface area contributed by atoms with Gasteiger partial charge in [-0.2, -0.15) is 0 Å². The minimum Gasteiger partial charge on any atom is -0.319 e. The maximum Gasteiger partial charge on any atom is 0.255 e. The highest BCUT2D eigenvalue weighted by molar-refractivity contribution is 6.29. The third-order valence-electron chi connectivity index (χ3n) is 2.48. The smallest absolute Gasteiger partial charge is 0.255 e. The van der Waals surface area contributed by atoms with E-state index < -0.39 is 0 Å². The molecule has 0 aliphatic heterocycles. The van der Waals surface area contributed by atoms with Crippen LogP contribution >= 0.6 is 11.6 Å². The number of rotatable bonds is 3. The van der Waals surface area contributed by atoms with Gasteiger partial charge in [0.15, 0.2) is 5.82 Å². The van der Waals surface area contributed by atoms with Crippen LogP contribution in [0.3, 0.4) is 0 Å². The third-order valence-corrected chi connectivity index (χ3v) is 2.67. The first-order valence-electron chi connectivity index (χ1n) is 5.21. The molecule has 0 aromatic carbocycles.